The zero-order valence-corrected chi connectivity index (χ0v) is 19.7. The summed E-state index contributed by atoms with van der Waals surface area (Å²) in [5.41, 5.74) is 1.78. The highest BCUT2D eigenvalue weighted by Crippen LogP contribution is 2.31. The van der Waals surface area contributed by atoms with Crippen molar-refractivity contribution in [3.63, 3.8) is 0 Å². The van der Waals surface area contributed by atoms with Crippen molar-refractivity contribution >= 4 is 32.8 Å². The first kappa shape index (κ1) is 22.8. The van der Waals surface area contributed by atoms with Gasteiger partial charge in [0.05, 0.1) is 28.6 Å². The Balaban J connectivity index is 1.48. The van der Waals surface area contributed by atoms with Crippen LogP contribution in [0.4, 0.5) is 8.78 Å². The number of benzene rings is 2. The average Bonchev–Trinajstić information content (AvgIpc) is 3.55. The molecule has 0 aliphatic carbocycles. The summed E-state index contributed by atoms with van der Waals surface area (Å²) in [5.74, 6) is -0.929. The SMILES string of the molecule is O=S(=O)(c1ccc2c(c1)nc(SCc1ccc(F)cc1F)n2C[C@H]1CCCO1)N1CCCC1. The Hall–Kier alpha value is -2.01. The minimum Gasteiger partial charge on any atom is -0.376 e. The van der Waals surface area contributed by atoms with Crippen LogP contribution in [0.25, 0.3) is 11.0 Å². The molecule has 6 nitrogen and oxygen atoms in total. The number of hydrogen-bond donors (Lipinski definition) is 0. The third-order valence-electron chi connectivity index (χ3n) is 6.17. The third-order valence-corrected chi connectivity index (χ3v) is 9.09. The number of thioether (sulfide) groups is 1. The molecule has 2 aromatic carbocycles. The molecule has 2 saturated heterocycles. The fourth-order valence-electron chi connectivity index (χ4n) is 4.39. The van der Waals surface area contributed by atoms with E-state index in [9.17, 15) is 17.2 Å². The van der Waals surface area contributed by atoms with Crippen molar-refractivity contribution in [2.24, 2.45) is 0 Å². The van der Waals surface area contributed by atoms with Crippen molar-refractivity contribution in [1.29, 1.82) is 0 Å². The molecule has 0 N–H and O–H groups in total. The molecule has 176 valence electrons. The molecule has 1 atom stereocenters. The van der Waals surface area contributed by atoms with E-state index in [1.165, 1.54) is 28.2 Å². The Morgan fingerprint density at radius 3 is 2.64 bits per heavy atom. The Morgan fingerprint density at radius 2 is 1.91 bits per heavy atom. The average molecular weight is 494 g/mol. The van der Waals surface area contributed by atoms with E-state index >= 15 is 0 Å². The Bertz CT molecular complexity index is 1270. The van der Waals surface area contributed by atoms with Gasteiger partial charge in [0.1, 0.15) is 11.6 Å². The van der Waals surface area contributed by atoms with Crippen molar-refractivity contribution in [2.75, 3.05) is 19.7 Å². The molecule has 0 unspecified atom stereocenters. The summed E-state index contributed by atoms with van der Waals surface area (Å²) in [6, 6.07) is 8.61. The van der Waals surface area contributed by atoms with Gasteiger partial charge in [0.25, 0.3) is 0 Å². The molecule has 1 aromatic heterocycles. The number of imidazole rings is 1. The van der Waals surface area contributed by atoms with Gasteiger partial charge >= 0.3 is 0 Å². The van der Waals surface area contributed by atoms with Gasteiger partial charge in [-0.1, -0.05) is 17.8 Å². The first-order chi connectivity index (χ1) is 15.9. The predicted octanol–water partition coefficient (Wildman–Crippen LogP) is 4.57. The lowest BCUT2D eigenvalue weighted by Crippen LogP contribution is -2.27. The minimum absolute atomic E-state index is 0.0531. The maximum Gasteiger partial charge on any atom is 0.243 e. The molecule has 2 aliphatic rings. The van der Waals surface area contributed by atoms with Crippen molar-refractivity contribution in [3.8, 4) is 0 Å². The highest BCUT2D eigenvalue weighted by Gasteiger charge is 2.28. The summed E-state index contributed by atoms with van der Waals surface area (Å²) >= 11 is 1.34. The molecule has 0 radical (unpaired) electrons. The van der Waals surface area contributed by atoms with Crippen LogP contribution in [0.15, 0.2) is 46.5 Å². The molecule has 2 fully saturated rings. The van der Waals surface area contributed by atoms with Crippen LogP contribution < -0.4 is 0 Å². The lowest BCUT2D eigenvalue weighted by Gasteiger charge is -2.16. The molecular weight excluding hydrogens is 468 g/mol. The fourth-order valence-corrected chi connectivity index (χ4v) is 6.93. The molecule has 0 amide bonds. The summed E-state index contributed by atoms with van der Waals surface area (Å²) < 4.78 is 62.8. The van der Waals surface area contributed by atoms with Gasteiger partial charge in [-0.25, -0.2) is 22.2 Å². The summed E-state index contributed by atoms with van der Waals surface area (Å²) in [4.78, 5) is 4.94. The molecule has 3 aromatic rings. The first-order valence-corrected chi connectivity index (χ1v) is 13.5. The third kappa shape index (κ3) is 4.66. The molecule has 3 heterocycles. The monoisotopic (exact) mass is 493 g/mol. The zero-order chi connectivity index (χ0) is 23.0. The molecule has 10 heteroatoms. The van der Waals surface area contributed by atoms with Gasteiger partial charge in [-0.15, -0.1) is 0 Å². The van der Waals surface area contributed by atoms with E-state index in [2.05, 4.69) is 0 Å². The lowest BCUT2D eigenvalue weighted by molar-refractivity contribution is 0.0960. The molecule has 5 rings (SSSR count). The van der Waals surface area contributed by atoms with Crippen molar-refractivity contribution in [3.05, 3.63) is 53.6 Å². The number of ether oxygens (including phenoxy) is 1. The number of rotatable bonds is 7. The van der Waals surface area contributed by atoms with Gasteiger partial charge in [0.15, 0.2) is 5.16 Å². The van der Waals surface area contributed by atoms with E-state index in [1.807, 2.05) is 4.57 Å². The Labute approximate surface area is 196 Å². The van der Waals surface area contributed by atoms with Crippen molar-refractivity contribution < 1.29 is 21.9 Å². The standard InChI is InChI=1S/C23H25F2N3O3S2/c24-17-6-5-16(20(25)12-17)15-32-23-26-21-13-19(33(29,30)27-9-1-2-10-27)7-8-22(21)28(23)14-18-4-3-11-31-18/h5-8,12-13,18H,1-4,9-11,14-15H2/t18-/m1/s1. The second kappa shape index (κ2) is 9.32. The van der Waals surface area contributed by atoms with Crippen LogP contribution in [-0.2, 0) is 27.1 Å². The van der Waals surface area contributed by atoms with Crippen molar-refractivity contribution in [1.82, 2.24) is 13.9 Å². The maximum absolute atomic E-state index is 14.1. The highest BCUT2D eigenvalue weighted by atomic mass is 32.2. The Kier molecular flexibility index (Phi) is 6.43. The van der Waals surface area contributed by atoms with Gasteiger partial charge in [0.2, 0.25) is 10.0 Å². The van der Waals surface area contributed by atoms with E-state index in [0.29, 0.717) is 35.9 Å². The summed E-state index contributed by atoms with van der Waals surface area (Å²) in [5, 5.41) is 0.653. The zero-order valence-electron chi connectivity index (χ0n) is 18.0. The molecule has 0 saturated carbocycles. The van der Waals surface area contributed by atoms with Crippen molar-refractivity contribution in [2.45, 2.75) is 54.1 Å². The summed E-state index contributed by atoms with van der Waals surface area (Å²) in [6.45, 7) is 2.39. The number of nitrogens with zero attached hydrogens (tertiary/aromatic N) is 3. The topological polar surface area (TPSA) is 64.4 Å². The number of fused-ring (bicyclic) bond motifs is 1. The van der Waals surface area contributed by atoms with E-state index in [-0.39, 0.29) is 16.8 Å². The summed E-state index contributed by atoms with van der Waals surface area (Å²) in [7, 11) is -3.55. The maximum atomic E-state index is 14.1. The van der Waals surface area contributed by atoms with Gasteiger partial charge in [0, 0.05) is 31.5 Å². The van der Waals surface area contributed by atoms with Crippen LogP contribution >= 0.6 is 11.8 Å². The van der Waals surface area contributed by atoms with Gasteiger partial charge in [-0.05, 0) is 55.5 Å². The van der Waals surface area contributed by atoms with Crippen LogP contribution in [0.5, 0.6) is 0 Å². The quantitative estimate of drug-likeness (QED) is 0.451. The van der Waals surface area contributed by atoms with E-state index in [0.717, 1.165) is 43.9 Å². The molecule has 0 bridgehead atoms. The number of hydrogen-bond acceptors (Lipinski definition) is 5. The second-order valence-corrected chi connectivity index (χ2v) is 11.3. The van der Waals surface area contributed by atoms with E-state index in [1.54, 1.807) is 18.2 Å². The molecule has 33 heavy (non-hydrogen) atoms. The van der Waals surface area contributed by atoms with Gasteiger partial charge in [-0.2, -0.15) is 4.31 Å². The minimum atomic E-state index is -3.55. The number of halogens is 2. The molecular formula is C23H25F2N3O3S2. The van der Waals surface area contributed by atoms with E-state index in [4.69, 9.17) is 9.72 Å². The number of sulfonamides is 1. The smallest absolute Gasteiger partial charge is 0.243 e. The van der Waals surface area contributed by atoms with Crippen LogP contribution in [-0.4, -0.2) is 48.1 Å². The highest BCUT2D eigenvalue weighted by molar-refractivity contribution is 7.98. The lowest BCUT2D eigenvalue weighted by atomic mass is 10.2. The van der Waals surface area contributed by atoms with E-state index < -0.39 is 21.7 Å². The largest absolute Gasteiger partial charge is 0.376 e. The number of aromatic nitrogens is 2. The predicted molar refractivity (Wildman–Crippen MR) is 123 cm³/mol. The van der Waals surface area contributed by atoms with Crippen LogP contribution in [0, 0.1) is 11.6 Å². The van der Waals surface area contributed by atoms with Gasteiger partial charge < -0.3 is 9.30 Å². The second-order valence-electron chi connectivity index (χ2n) is 8.43. The normalized spacial score (nSPS) is 19.6. The fraction of sp³-hybridized carbons (Fsp3) is 0.435. The van der Waals surface area contributed by atoms with Crippen LogP contribution in [0.3, 0.4) is 0 Å². The Morgan fingerprint density at radius 1 is 1.09 bits per heavy atom. The molecule has 0 spiro atoms. The molecule has 2 aliphatic heterocycles. The first-order valence-electron chi connectivity index (χ1n) is 11.1. The summed E-state index contributed by atoms with van der Waals surface area (Å²) in [6.07, 6.45) is 3.74. The van der Waals surface area contributed by atoms with Crippen LogP contribution in [0.1, 0.15) is 31.2 Å². The van der Waals surface area contributed by atoms with Crippen LogP contribution in [0.2, 0.25) is 0 Å². The van der Waals surface area contributed by atoms with Gasteiger partial charge in [-0.3, -0.25) is 0 Å².